The van der Waals surface area contributed by atoms with Gasteiger partial charge in [-0.05, 0) is 68.0 Å². The van der Waals surface area contributed by atoms with Gasteiger partial charge in [-0.2, -0.15) is 0 Å². The van der Waals surface area contributed by atoms with Crippen molar-refractivity contribution in [3.05, 3.63) is 83.3 Å². The van der Waals surface area contributed by atoms with Crippen molar-refractivity contribution in [3.63, 3.8) is 0 Å². The van der Waals surface area contributed by atoms with Gasteiger partial charge in [0.2, 0.25) is 0 Å². The Balaban J connectivity index is 1.27. The monoisotopic (exact) mass is 448 g/mol. The van der Waals surface area contributed by atoms with E-state index >= 15 is 0 Å². The molecule has 2 aliphatic rings. The molecule has 0 unspecified atom stereocenters. The van der Waals surface area contributed by atoms with Gasteiger partial charge in [-0.15, -0.1) is 0 Å². The van der Waals surface area contributed by atoms with Gasteiger partial charge in [0.05, 0.1) is 17.3 Å². The number of phenols is 1. The Morgan fingerprint density at radius 2 is 1.94 bits per heavy atom. The Hall–Kier alpha value is -3.57. The van der Waals surface area contributed by atoms with Crippen LogP contribution in [0.2, 0.25) is 0 Å². The number of H-pyrrole nitrogens is 2. The smallest absolute Gasteiger partial charge is 0.116 e. The van der Waals surface area contributed by atoms with Crippen molar-refractivity contribution in [2.24, 2.45) is 5.92 Å². The number of aromatic hydroxyl groups is 1. The fourth-order valence-corrected chi connectivity index (χ4v) is 6.41. The van der Waals surface area contributed by atoms with Crippen LogP contribution in [0.3, 0.4) is 0 Å². The summed E-state index contributed by atoms with van der Waals surface area (Å²) in [6, 6.07) is 16.7. The van der Waals surface area contributed by atoms with Crippen LogP contribution < -0.4 is 0 Å². The molecule has 1 fully saturated rings. The zero-order chi connectivity index (χ0) is 22.8. The van der Waals surface area contributed by atoms with Crippen molar-refractivity contribution < 1.29 is 5.11 Å². The summed E-state index contributed by atoms with van der Waals surface area (Å²) in [5, 5.41) is 13.8. The van der Waals surface area contributed by atoms with Crippen molar-refractivity contribution in [1.29, 1.82) is 0 Å². The first-order valence-electron chi connectivity index (χ1n) is 12.3. The molecule has 2 aromatic carbocycles. The topological polar surface area (TPSA) is 67.9 Å². The van der Waals surface area contributed by atoms with E-state index in [2.05, 4.69) is 58.2 Å². The second kappa shape index (κ2) is 7.47. The van der Waals surface area contributed by atoms with E-state index in [1.165, 1.54) is 44.0 Å². The summed E-state index contributed by atoms with van der Waals surface area (Å²) < 4.78 is 0. The Bertz CT molecular complexity index is 1590. The number of para-hydroxylation sites is 1. The molecule has 5 aromatic rings. The lowest BCUT2D eigenvalue weighted by molar-refractivity contribution is 0.138. The molecular formula is C29H28N4O. The minimum Gasteiger partial charge on any atom is -0.508 e. The van der Waals surface area contributed by atoms with Gasteiger partial charge in [-0.25, -0.2) is 0 Å². The molecule has 34 heavy (non-hydrogen) atoms. The zero-order valence-electron chi connectivity index (χ0n) is 19.3. The lowest BCUT2D eigenvalue weighted by Crippen LogP contribution is -2.43. The number of nitrogens with one attached hydrogen (secondary N) is 2. The molecule has 170 valence electrons. The fourth-order valence-electron chi connectivity index (χ4n) is 6.41. The second-order valence-electron chi connectivity index (χ2n) is 9.83. The van der Waals surface area contributed by atoms with Gasteiger partial charge in [-0.1, -0.05) is 29.8 Å². The fraction of sp³-hybridized carbons (Fsp3) is 0.276. The molecule has 5 heteroatoms. The van der Waals surface area contributed by atoms with Gasteiger partial charge in [0.25, 0.3) is 0 Å². The van der Waals surface area contributed by atoms with Crippen LogP contribution in [0.4, 0.5) is 0 Å². The van der Waals surface area contributed by atoms with Crippen molar-refractivity contribution >= 4 is 32.7 Å². The van der Waals surface area contributed by atoms with Crippen LogP contribution in [0, 0.1) is 5.92 Å². The third-order valence-corrected chi connectivity index (χ3v) is 8.08. The molecule has 0 radical (unpaired) electrons. The lowest BCUT2D eigenvalue weighted by Gasteiger charge is -2.43. The van der Waals surface area contributed by atoms with Crippen molar-refractivity contribution in [3.8, 4) is 5.75 Å². The number of pyridine rings is 1. The molecule has 7 rings (SSSR count). The number of rotatable bonds is 2. The molecule has 0 aliphatic carbocycles. The lowest BCUT2D eigenvalue weighted by atomic mass is 9.79. The number of phenolic OH excluding ortho intramolecular Hbond substituents is 1. The largest absolute Gasteiger partial charge is 0.508 e. The van der Waals surface area contributed by atoms with E-state index in [0.717, 1.165) is 43.6 Å². The van der Waals surface area contributed by atoms with E-state index in [9.17, 15) is 5.11 Å². The van der Waals surface area contributed by atoms with Gasteiger partial charge in [0, 0.05) is 52.2 Å². The zero-order valence-corrected chi connectivity index (χ0v) is 19.3. The summed E-state index contributed by atoms with van der Waals surface area (Å²) in [6.45, 7) is 4.25. The summed E-state index contributed by atoms with van der Waals surface area (Å²) >= 11 is 0. The maximum atomic E-state index is 10.1. The average Bonchev–Trinajstić information content (AvgIpc) is 3.42. The molecule has 0 amide bonds. The quantitative estimate of drug-likeness (QED) is 0.290. The Labute approximate surface area is 198 Å². The number of allylic oxidation sites excluding steroid dienone is 1. The summed E-state index contributed by atoms with van der Waals surface area (Å²) in [6.07, 6.45) is 7.32. The number of benzene rings is 2. The highest BCUT2D eigenvalue weighted by Crippen LogP contribution is 2.44. The second-order valence-corrected chi connectivity index (χ2v) is 9.83. The molecule has 5 nitrogen and oxygen atoms in total. The van der Waals surface area contributed by atoms with Gasteiger partial charge in [-0.3, -0.25) is 9.88 Å². The third kappa shape index (κ3) is 2.93. The Morgan fingerprint density at radius 1 is 1.06 bits per heavy atom. The molecule has 2 atom stereocenters. The highest BCUT2D eigenvalue weighted by Gasteiger charge is 2.37. The standard InChI is InChI=1S/C29H28N4O/c1-2-17-16-33-12-10-22-23-15-19(34)7-8-25(23)32-29(22)27(33)14-18(17)13-26-28-21(9-11-30-26)20-5-3-4-6-24(20)31-28/h2-9,11,15,18,27,31-32,34H,10,12-14,16H2,1H3/b17-2-/t18-,27-/m0/s1. The molecule has 2 aliphatic heterocycles. The molecule has 3 aromatic heterocycles. The number of nitrogens with zero attached hydrogens (tertiary/aromatic N) is 2. The van der Waals surface area contributed by atoms with Crippen LogP contribution in [0.5, 0.6) is 5.75 Å². The van der Waals surface area contributed by atoms with Gasteiger partial charge in [0.15, 0.2) is 0 Å². The number of aromatic nitrogens is 3. The molecule has 0 bridgehead atoms. The summed E-state index contributed by atoms with van der Waals surface area (Å²) in [5.74, 6) is 0.786. The number of hydrogen-bond acceptors (Lipinski definition) is 3. The first-order valence-corrected chi connectivity index (χ1v) is 12.3. The van der Waals surface area contributed by atoms with Crippen molar-refractivity contribution in [2.75, 3.05) is 13.1 Å². The highest BCUT2D eigenvalue weighted by atomic mass is 16.3. The van der Waals surface area contributed by atoms with E-state index < -0.39 is 0 Å². The summed E-state index contributed by atoms with van der Waals surface area (Å²) in [7, 11) is 0. The number of fused-ring (bicyclic) bond motifs is 8. The van der Waals surface area contributed by atoms with Gasteiger partial charge >= 0.3 is 0 Å². The number of hydrogen-bond donors (Lipinski definition) is 3. The first-order chi connectivity index (χ1) is 16.7. The van der Waals surface area contributed by atoms with Crippen LogP contribution in [-0.2, 0) is 12.8 Å². The van der Waals surface area contributed by atoms with Gasteiger partial charge in [0.1, 0.15) is 5.75 Å². The average molecular weight is 449 g/mol. The summed E-state index contributed by atoms with van der Waals surface area (Å²) in [4.78, 5) is 14.8. The minimum absolute atomic E-state index is 0.340. The number of aromatic amines is 2. The van der Waals surface area contributed by atoms with Crippen LogP contribution in [0.25, 0.3) is 32.7 Å². The first kappa shape index (κ1) is 19.9. The molecule has 1 saturated heterocycles. The van der Waals surface area contributed by atoms with Crippen molar-refractivity contribution in [1.82, 2.24) is 19.9 Å². The Morgan fingerprint density at radius 3 is 2.85 bits per heavy atom. The third-order valence-electron chi connectivity index (χ3n) is 8.08. The maximum absolute atomic E-state index is 10.1. The molecule has 5 heterocycles. The van der Waals surface area contributed by atoms with Crippen LogP contribution >= 0.6 is 0 Å². The van der Waals surface area contributed by atoms with E-state index in [1.807, 2.05) is 18.3 Å². The molecule has 3 N–H and O–H groups in total. The normalized spacial score (nSPS) is 22.0. The summed E-state index contributed by atoms with van der Waals surface area (Å²) in [5.41, 5.74) is 8.86. The minimum atomic E-state index is 0.340. The predicted octanol–water partition coefficient (Wildman–Crippen LogP) is 6.01. The van der Waals surface area contributed by atoms with E-state index in [0.29, 0.717) is 17.7 Å². The molecular weight excluding hydrogens is 420 g/mol. The van der Waals surface area contributed by atoms with E-state index in [-0.39, 0.29) is 0 Å². The van der Waals surface area contributed by atoms with Crippen molar-refractivity contribution in [2.45, 2.75) is 32.2 Å². The SMILES string of the molecule is C/C=C1/CN2CCc3c([nH]c4ccc(O)cc34)[C@@H]2C[C@@H]1Cc1nccc2c1[nH]c1ccccc12. The van der Waals surface area contributed by atoms with E-state index in [4.69, 9.17) is 4.98 Å². The van der Waals surface area contributed by atoms with Crippen LogP contribution in [0.15, 0.2) is 66.4 Å². The molecule has 0 saturated carbocycles. The highest BCUT2D eigenvalue weighted by molar-refractivity contribution is 6.07. The van der Waals surface area contributed by atoms with Gasteiger partial charge < -0.3 is 15.1 Å². The Kier molecular flexibility index (Phi) is 4.36. The molecule has 0 spiro atoms. The van der Waals surface area contributed by atoms with Crippen LogP contribution in [-0.4, -0.2) is 38.0 Å². The number of piperidine rings is 1. The maximum Gasteiger partial charge on any atom is 0.116 e. The van der Waals surface area contributed by atoms with Crippen LogP contribution in [0.1, 0.15) is 36.3 Å². The van der Waals surface area contributed by atoms with E-state index in [1.54, 1.807) is 6.07 Å². The predicted molar refractivity (Wildman–Crippen MR) is 137 cm³/mol.